The van der Waals surface area contributed by atoms with Gasteiger partial charge in [-0.05, 0) is 42.4 Å². The molecule has 0 fully saturated rings. The quantitative estimate of drug-likeness (QED) is 0.768. The number of carbonyl (C=O) groups excluding carboxylic acids is 1. The molecule has 1 unspecified atom stereocenters. The smallest absolute Gasteiger partial charge is 0.338 e. The molecule has 0 spiro atoms. The second kappa shape index (κ2) is 6.63. The van der Waals surface area contributed by atoms with E-state index in [1.54, 1.807) is 0 Å². The number of aryl methyl sites for hydroxylation is 1. The Labute approximate surface area is 139 Å². The maximum absolute atomic E-state index is 12.4. The average Bonchev–Trinajstić information content (AvgIpc) is 2.68. The van der Waals surface area contributed by atoms with Crippen LogP contribution in [0.5, 0.6) is 0 Å². The summed E-state index contributed by atoms with van der Waals surface area (Å²) in [6.07, 6.45) is 0.795. The zero-order chi connectivity index (χ0) is 17.4. The van der Waals surface area contributed by atoms with Crippen molar-refractivity contribution in [3.05, 3.63) is 28.8 Å². The summed E-state index contributed by atoms with van der Waals surface area (Å²) in [5, 5.41) is 0. The Morgan fingerprint density at radius 2 is 1.91 bits per heavy atom. The molecule has 0 aliphatic carbocycles. The van der Waals surface area contributed by atoms with E-state index in [9.17, 15) is 13.2 Å². The minimum atomic E-state index is -3.31. The van der Waals surface area contributed by atoms with Crippen molar-refractivity contribution < 1.29 is 17.9 Å². The third-order valence-corrected chi connectivity index (χ3v) is 6.26. The van der Waals surface area contributed by atoms with Crippen molar-refractivity contribution in [1.29, 1.82) is 0 Å². The minimum Gasteiger partial charge on any atom is -0.462 e. The fraction of sp³-hybridized carbons (Fsp3) is 0.611. The molecule has 2 rings (SSSR count). The monoisotopic (exact) mass is 338 g/mol. The van der Waals surface area contributed by atoms with E-state index in [1.807, 2.05) is 26.8 Å². The van der Waals surface area contributed by atoms with Crippen molar-refractivity contribution in [2.24, 2.45) is 11.8 Å². The molecule has 0 saturated carbocycles. The van der Waals surface area contributed by atoms with Crippen molar-refractivity contribution in [3.8, 4) is 0 Å². The van der Waals surface area contributed by atoms with Crippen LogP contribution in [0.2, 0.25) is 0 Å². The highest BCUT2D eigenvalue weighted by atomic mass is 32.2. The van der Waals surface area contributed by atoms with E-state index in [0.29, 0.717) is 23.0 Å². The Kier molecular flexibility index (Phi) is 5.19. The molecule has 1 aromatic rings. The van der Waals surface area contributed by atoms with E-state index in [4.69, 9.17) is 4.74 Å². The van der Waals surface area contributed by atoms with E-state index in [0.717, 1.165) is 17.5 Å². The molecule has 1 heterocycles. The summed E-state index contributed by atoms with van der Waals surface area (Å²) in [6.45, 7) is 10.4. The third kappa shape index (κ3) is 3.77. The fourth-order valence-corrected chi connectivity index (χ4v) is 5.01. The summed E-state index contributed by atoms with van der Waals surface area (Å²) in [6, 6.07) is 3.36. The normalized spacial score (nSPS) is 19.2. The predicted molar refractivity (Wildman–Crippen MR) is 90.5 cm³/mol. The number of esters is 1. The summed E-state index contributed by atoms with van der Waals surface area (Å²) in [5.41, 5.74) is 1.98. The topological polar surface area (TPSA) is 60.4 Å². The van der Waals surface area contributed by atoms with Crippen LogP contribution >= 0.6 is 0 Å². The van der Waals surface area contributed by atoms with Gasteiger partial charge in [0.15, 0.2) is 9.84 Å². The first-order valence-electron chi connectivity index (χ1n) is 8.18. The minimum absolute atomic E-state index is 0.000267. The lowest BCUT2D eigenvalue weighted by Crippen LogP contribution is -2.11. The number of fused-ring (bicyclic) bond motifs is 1. The average molecular weight is 338 g/mol. The largest absolute Gasteiger partial charge is 0.462 e. The number of rotatable bonds is 5. The second-order valence-electron chi connectivity index (χ2n) is 7.16. The van der Waals surface area contributed by atoms with Crippen LogP contribution in [-0.2, 0) is 14.6 Å². The molecular weight excluding hydrogens is 312 g/mol. The van der Waals surface area contributed by atoms with Crippen LogP contribution in [-0.4, -0.2) is 26.7 Å². The Bertz CT molecular complexity index is 702. The van der Waals surface area contributed by atoms with Gasteiger partial charge in [0, 0.05) is 5.92 Å². The van der Waals surface area contributed by atoms with Gasteiger partial charge in [0.1, 0.15) is 0 Å². The summed E-state index contributed by atoms with van der Waals surface area (Å²) in [4.78, 5) is 12.6. The molecule has 0 radical (unpaired) electrons. The summed E-state index contributed by atoms with van der Waals surface area (Å²) >= 11 is 0. The van der Waals surface area contributed by atoms with Crippen LogP contribution in [0.3, 0.4) is 0 Å². The van der Waals surface area contributed by atoms with Crippen molar-refractivity contribution in [2.45, 2.75) is 51.9 Å². The first kappa shape index (κ1) is 18.0. The number of benzene rings is 1. The van der Waals surface area contributed by atoms with Crippen LogP contribution in [0.4, 0.5) is 0 Å². The molecule has 1 aliphatic heterocycles. The lowest BCUT2D eigenvalue weighted by Gasteiger charge is -2.15. The molecule has 128 valence electrons. The predicted octanol–water partition coefficient (Wildman–Crippen LogP) is 3.72. The molecule has 0 amide bonds. The summed E-state index contributed by atoms with van der Waals surface area (Å²) in [7, 11) is -3.31. The Morgan fingerprint density at radius 3 is 2.48 bits per heavy atom. The highest BCUT2D eigenvalue weighted by molar-refractivity contribution is 7.91. The second-order valence-corrected chi connectivity index (χ2v) is 9.16. The standard InChI is InChI=1S/C18H26O4S/c1-11(2)6-7-22-18(19)14-9-17-15(8-13(14)5)16(12(3)4)10-23(17,20)21/h8-9,11-12,16H,6-7,10H2,1-5H3. The number of hydrogen-bond donors (Lipinski definition) is 0. The molecule has 5 heteroatoms. The molecular formula is C18H26O4S. The molecule has 0 bridgehead atoms. The lowest BCUT2D eigenvalue weighted by atomic mass is 9.88. The molecule has 0 saturated heterocycles. The number of sulfone groups is 1. The van der Waals surface area contributed by atoms with Crippen LogP contribution in [0.1, 0.15) is 61.5 Å². The Balaban J connectivity index is 2.33. The van der Waals surface area contributed by atoms with Gasteiger partial charge in [-0.1, -0.05) is 33.8 Å². The van der Waals surface area contributed by atoms with Crippen LogP contribution < -0.4 is 0 Å². The Morgan fingerprint density at radius 1 is 1.26 bits per heavy atom. The highest BCUT2D eigenvalue weighted by Crippen LogP contribution is 2.40. The van der Waals surface area contributed by atoms with Crippen molar-refractivity contribution in [2.75, 3.05) is 12.4 Å². The first-order chi connectivity index (χ1) is 10.6. The molecule has 4 nitrogen and oxygen atoms in total. The van der Waals surface area contributed by atoms with Gasteiger partial charge < -0.3 is 4.74 Å². The molecule has 0 aromatic heterocycles. The van der Waals surface area contributed by atoms with Gasteiger partial charge in [0.05, 0.1) is 22.8 Å². The van der Waals surface area contributed by atoms with Gasteiger partial charge >= 0.3 is 5.97 Å². The van der Waals surface area contributed by atoms with Gasteiger partial charge in [-0.15, -0.1) is 0 Å². The van der Waals surface area contributed by atoms with Crippen LogP contribution in [0.25, 0.3) is 0 Å². The van der Waals surface area contributed by atoms with Crippen molar-refractivity contribution >= 4 is 15.8 Å². The molecule has 1 atom stereocenters. The maximum Gasteiger partial charge on any atom is 0.338 e. The summed E-state index contributed by atoms with van der Waals surface area (Å²) in [5.74, 6) is 0.393. The third-order valence-electron chi connectivity index (χ3n) is 4.44. The van der Waals surface area contributed by atoms with Gasteiger partial charge in [0.25, 0.3) is 0 Å². The number of hydrogen-bond acceptors (Lipinski definition) is 4. The maximum atomic E-state index is 12.4. The first-order valence-corrected chi connectivity index (χ1v) is 9.83. The number of ether oxygens (including phenoxy) is 1. The highest BCUT2D eigenvalue weighted by Gasteiger charge is 2.37. The molecule has 1 aliphatic rings. The zero-order valence-corrected chi connectivity index (χ0v) is 15.4. The number of carbonyl (C=O) groups is 1. The van der Waals surface area contributed by atoms with Crippen LogP contribution in [0, 0.1) is 18.8 Å². The van der Waals surface area contributed by atoms with E-state index in [2.05, 4.69) is 13.8 Å². The molecule has 1 aromatic carbocycles. The van der Waals surface area contributed by atoms with E-state index in [1.165, 1.54) is 6.07 Å². The van der Waals surface area contributed by atoms with Crippen molar-refractivity contribution in [3.63, 3.8) is 0 Å². The van der Waals surface area contributed by atoms with Gasteiger partial charge in [-0.25, -0.2) is 13.2 Å². The fourth-order valence-electron chi connectivity index (χ4n) is 2.92. The lowest BCUT2D eigenvalue weighted by molar-refractivity contribution is 0.0487. The SMILES string of the molecule is Cc1cc2c(cc1C(=O)OCCC(C)C)S(=O)(=O)CC2C(C)C. The summed E-state index contributed by atoms with van der Waals surface area (Å²) < 4.78 is 30.1. The molecule has 23 heavy (non-hydrogen) atoms. The van der Waals surface area contributed by atoms with Crippen molar-refractivity contribution in [1.82, 2.24) is 0 Å². The molecule has 0 N–H and O–H groups in total. The van der Waals surface area contributed by atoms with Crippen LogP contribution in [0.15, 0.2) is 17.0 Å². The Hall–Kier alpha value is -1.36. The van der Waals surface area contributed by atoms with Gasteiger partial charge in [-0.3, -0.25) is 0 Å². The zero-order valence-electron chi connectivity index (χ0n) is 14.5. The van der Waals surface area contributed by atoms with Gasteiger partial charge in [0.2, 0.25) is 0 Å². The van der Waals surface area contributed by atoms with E-state index >= 15 is 0 Å². The van der Waals surface area contributed by atoms with Gasteiger partial charge in [-0.2, -0.15) is 0 Å². The van der Waals surface area contributed by atoms with E-state index in [-0.39, 0.29) is 17.6 Å². The van der Waals surface area contributed by atoms with E-state index < -0.39 is 15.8 Å².